The molecule has 0 heterocycles. The summed E-state index contributed by atoms with van der Waals surface area (Å²) in [6, 6.07) is 8.48. The van der Waals surface area contributed by atoms with Crippen molar-refractivity contribution in [1.29, 1.82) is 0 Å². The number of likely N-dealkylation sites (N-methyl/N-ethyl adjacent to an activating group) is 1. The summed E-state index contributed by atoms with van der Waals surface area (Å²) in [5, 5.41) is 10.9. The molecule has 2 nitrogen and oxygen atoms in total. The summed E-state index contributed by atoms with van der Waals surface area (Å²) in [5.41, 5.74) is 2.39. The fourth-order valence-electron chi connectivity index (χ4n) is 3.48. The molecule has 1 atom stereocenters. The van der Waals surface area contributed by atoms with Gasteiger partial charge in [0.2, 0.25) is 0 Å². The Bertz CT molecular complexity index is 394. The normalized spacial score (nSPS) is 13.8. The first-order chi connectivity index (χ1) is 9.53. The van der Waals surface area contributed by atoms with Gasteiger partial charge in [0.25, 0.3) is 0 Å². The van der Waals surface area contributed by atoms with E-state index in [1.165, 1.54) is 11.1 Å². The molecule has 0 spiro atoms. The van der Waals surface area contributed by atoms with Crippen LogP contribution in [-0.4, -0.2) is 34.7 Å². The molecular weight excluding hydrogens is 246 g/mol. The van der Waals surface area contributed by atoms with Crippen LogP contribution in [0, 0.1) is 6.92 Å². The van der Waals surface area contributed by atoms with Crippen molar-refractivity contribution in [2.45, 2.75) is 65.5 Å². The van der Waals surface area contributed by atoms with Crippen molar-refractivity contribution in [3.8, 4) is 0 Å². The quantitative estimate of drug-likeness (QED) is 0.781. The Morgan fingerprint density at radius 3 is 2.15 bits per heavy atom. The Kier molecular flexibility index (Phi) is 6.70. The minimum Gasteiger partial charge on any atom is -0.391 e. The summed E-state index contributed by atoms with van der Waals surface area (Å²) in [4.78, 5) is 2.42. The average molecular weight is 277 g/mol. The highest BCUT2D eigenvalue weighted by atomic mass is 16.3. The van der Waals surface area contributed by atoms with E-state index in [-0.39, 0.29) is 11.6 Å². The van der Waals surface area contributed by atoms with Crippen LogP contribution < -0.4 is 0 Å². The maximum absolute atomic E-state index is 10.9. The number of rotatable bonds is 8. The first-order valence-corrected chi connectivity index (χ1v) is 8.02. The Labute approximate surface area is 124 Å². The smallest absolute Gasteiger partial charge is 0.0763 e. The molecule has 1 aromatic carbocycles. The van der Waals surface area contributed by atoms with Crippen molar-refractivity contribution in [3.05, 3.63) is 35.4 Å². The number of nitrogens with zero attached hydrogens (tertiary/aromatic N) is 1. The molecule has 0 bridgehead atoms. The maximum Gasteiger partial charge on any atom is 0.0763 e. The zero-order valence-electron chi connectivity index (χ0n) is 13.8. The maximum atomic E-state index is 10.9. The van der Waals surface area contributed by atoms with Crippen molar-refractivity contribution in [3.63, 3.8) is 0 Å². The van der Waals surface area contributed by atoms with Crippen LogP contribution in [0.1, 0.15) is 51.7 Å². The molecule has 0 amide bonds. The van der Waals surface area contributed by atoms with Gasteiger partial charge in [-0.3, -0.25) is 4.90 Å². The second kappa shape index (κ2) is 7.80. The van der Waals surface area contributed by atoms with Gasteiger partial charge in [-0.05, 0) is 38.4 Å². The molecule has 20 heavy (non-hydrogen) atoms. The molecule has 0 aromatic heterocycles. The van der Waals surface area contributed by atoms with Crippen LogP contribution in [0.4, 0.5) is 0 Å². The molecule has 1 aromatic rings. The van der Waals surface area contributed by atoms with E-state index in [0.717, 1.165) is 32.4 Å². The summed E-state index contributed by atoms with van der Waals surface area (Å²) in [5.74, 6) is 0. The summed E-state index contributed by atoms with van der Waals surface area (Å²) >= 11 is 0. The molecule has 1 N–H and O–H groups in total. The lowest BCUT2D eigenvalue weighted by Crippen LogP contribution is -2.56. The van der Waals surface area contributed by atoms with Crippen molar-refractivity contribution < 1.29 is 5.11 Å². The van der Waals surface area contributed by atoms with Crippen LogP contribution in [0.25, 0.3) is 0 Å². The molecule has 0 radical (unpaired) electrons. The van der Waals surface area contributed by atoms with Crippen molar-refractivity contribution >= 4 is 0 Å². The number of aliphatic hydroxyl groups is 1. The fourth-order valence-corrected chi connectivity index (χ4v) is 3.48. The topological polar surface area (TPSA) is 23.5 Å². The van der Waals surface area contributed by atoms with E-state index in [9.17, 15) is 5.11 Å². The third kappa shape index (κ3) is 3.62. The lowest BCUT2D eigenvalue weighted by Gasteiger charge is -2.46. The second-order valence-corrected chi connectivity index (χ2v) is 5.69. The monoisotopic (exact) mass is 277 g/mol. The molecule has 0 aliphatic carbocycles. The van der Waals surface area contributed by atoms with Crippen molar-refractivity contribution in [1.82, 2.24) is 4.90 Å². The van der Waals surface area contributed by atoms with E-state index in [1.807, 2.05) is 0 Å². The Hall–Kier alpha value is -0.860. The first-order valence-electron chi connectivity index (χ1n) is 8.02. The molecule has 0 saturated carbocycles. The van der Waals surface area contributed by atoms with Crippen molar-refractivity contribution in [2.75, 3.05) is 13.1 Å². The number of aryl methyl sites for hydroxylation is 1. The Morgan fingerprint density at radius 2 is 1.70 bits per heavy atom. The van der Waals surface area contributed by atoms with Gasteiger partial charge in [-0.25, -0.2) is 0 Å². The van der Waals surface area contributed by atoms with Gasteiger partial charge in [0.05, 0.1) is 6.10 Å². The third-order valence-corrected chi connectivity index (χ3v) is 4.75. The van der Waals surface area contributed by atoms with Gasteiger partial charge in [0.1, 0.15) is 0 Å². The largest absolute Gasteiger partial charge is 0.391 e. The van der Waals surface area contributed by atoms with E-state index in [0.29, 0.717) is 0 Å². The minimum atomic E-state index is -0.320. The van der Waals surface area contributed by atoms with Crippen LogP contribution >= 0.6 is 0 Å². The molecule has 2 heteroatoms. The molecule has 0 saturated heterocycles. The van der Waals surface area contributed by atoms with E-state index >= 15 is 0 Å². The van der Waals surface area contributed by atoms with E-state index in [4.69, 9.17) is 0 Å². The molecule has 0 aliphatic heterocycles. The molecular formula is C18H31NO. The van der Waals surface area contributed by atoms with Gasteiger partial charge in [0, 0.05) is 12.0 Å². The number of aliphatic hydroxyl groups excluding tert-OH is 1. The van der Waals surface area contributed by atoms with Gasteiger partial charge in [-0.1, -0.05) is 57.5 Å². The third-order valence-electron chi connectivity index (χ3n) is 4.75. The summed E-state index contributed by atoms with van der Waals surface area (Å²) in [6.07, 6.45) is 2.38. The molecule has 114 valence electrons. The number of hydrogen-bond acceptors (Lipinski definition) is 2. The standard InChI is InChI=1S/C18H31NO/c1-6-18(7-2,19(8-3)9-4)17(20)14-16-12-10-11-15(5)13-16/h10-13,17,20H,6-9,14H2,1-5H3. The molecule has 1 unspecified atom stereocenters. The van der Waals surface area contributed by atoms with Gasteiger partial charge < -0.3 is 5.11 Å². The number of benzene rings is 1. The highest BCUT2D eigenvalue weighted by molar-refractivity contribution is 5.23. The minimum absolute atomic E-state index is 0.104. The summed E-state index contributed by atoms with van der Waals surface area (Å²) < 4.78 is 0. The predicted octanol–water partition coefficient (Wildman–Crippen LogP) is 3.80. The Balaban J connectivity index is 2.96. The average Bonchev–Trinajstić information content (AvgIpc) is 2.44. The zero-order valence-corrected chi connectivity index (χ0v) is 13.8. The van der Waals surface area contributed by atoms with Gasteiger partial charge in [0.15, 0.2) is 0 Å². The van der Waals surface area contributed by atoms with Crippen LogP contribution in [0.3, 0.4) is 0 Å². The van der Waals surface area contributed by atoms with E-state index in [2.05, 4.69) is 63.8 Å². The Morgan fingerprint density at radius 1 is 1.10 bits per heavy atom. The van der Waals surface area contributed by atoms with Gasteiger partial charge in [-0.15, -0.1) is 0 Å². The fraction of sp³-hybridized carbons (Fsp3) is 0.667. The van der Waals surface area contributed by atoms with Crippen LogP contribution in [0.2, 0.25) is 0 Å². The van der Waals surface area contributed by atoms with Crippen LogP contribution in [-0.2, 0) is 6.42 Å². The van der Waals surface area contributed by atoms with E-state index < -0.39 is 0 Å². The second-order valence-electron chi connectivity index (χ2n) is 5.69. The zero-order chi connectivity index (χ0) is 15.2. The SMILES string of the molecule is CCN(CC)C(CC)(CC)C(O)Cc1cccc(C)c1. The number of hydrogen-bond donors (Lipinski definition) is 1. The predicted molar refractivity (Wildman–Crippen MR) is 87.1 cm³/mol. The van der Waals surface area contributed by atoms with Gasteiger partial charge in [-0.2, -0.15) is 0 Å². The van der Waals surface area contributed by atoms with E-state index in [1.54, 1.807) is 0 Å². The highest BCUT2D eigenvalue weighted by Crippen LogP contribution is 2.30. The highest BCUT2D eigenvalue weighted by Gasteiger charge is 2.38. The van der Waals surface area contributed by atoms with Crippen LogP contribution in [0.5, 0.6) is 0 Å². The van der Waals surface area contributed by atoms with Crippen LogP contribution in [0.15, 0.2) is 24.3 Å². The lowest BCUT2D eigenvalue weighted by molar-refractivity contribution is -0.0340. The first kappa shape index (κ1) is 17.2. The molecule has 0 fully saturated rings. The summed E-state index contributed by atoms with van der Waals surface area (Å²) in [6.45, 7) is 12.8. The molecule has 0 aliphatic rings. The van der Waals surface area contributed by atoms with Gasteiger partial charge >= 0.3 is 0 Å². The van der Waals surface area contributed by atoms with Crippen molar-refractivity contribution in [2.24, 2.45) is 0 Å². The molecule has 1 rings (SSSR count). The summed E-state index contributed by atoms with van der Waals surface area (Å²) in [7, 11) is 0. The lowest BCUT2D eigenvalue weighted by atomic mass is 9.81.